The van der Waals surface area contributed by atoms with Gasteiger partial charge in [-0.1, -0.05) is 158 Å². The van der Waals surface area contributed by atoms with Gasteiger partial charge in [0.05, 0.1) is 11.2 Å². The van der Waals surface area contributed by atoms with Crippen LogP contribution in [0.15, 0.2) is 192 Å². The van der Waals surface area contributed by atoms with Crippen LogP contribution in [0.1, 0.15) is 0 Å². The van der Waals surface area contributed by atoms with Gasteiger partial charge in [0, 0.05) is 38.1 Å². The predicted molar refractivity (Wildman–Crippen MR) is 223 cm³/mol. The monoisotopic (exact) mass is 673 g/mol. The van der Waals surface area contributed by atoms with E-state index in [0.29, 0.717) is 0 Å². The Hall–Kier alpha value is -7.03. The molecule has 0 spiro atoms. The van der Waals surface area contributed by atoms with Crippen LogP contribution in [0.4, 0.5) is 0 Å². The van der Waals surface area contributed by atoms with Gasteiger partial charge in [0.2, 0.25) is 0 Å². The molecule has 0 fully saturated rings. The Morgan fingerprint density at radius 3 is 1.83 bits per heavy atom. The Morgan fingerprint density at radius 2 is 0.981 bits per heavy atom. The fourth-order valence-electron chi connectivity index (χ4n) is 8.41. The number of benzene rings is 9. The second-order valence-electron chi connectivity index (χ2n) is 13.8. The first kappa shape index (κ1) is 29.7. The quantitative estimate of drug-likeness (QED) is 0.174. The Balaban J connectivity index is 1.13. The van der Waals surface area contributed by atoms with E-state index in [-0.39, 0.29) is 0 Å². The molecule has 0 saturated heterocycles. The standard InChI is InChI=1S/C51H31NO/c1-2-13-34(14-3-1)51-44-31-47-50(42-22-9-11-24-46(42)53-47)48(49(44)41-21-8-10-23-45(41)52-51)33-27-25-32(26-28-33)35-16-12-17-36(29-35)43-30-37-15-4-5-18-38(37)39-19-6-7-20-40(39)43/h1-31H. The van der Waals surface area contributed by atoms with Gasteiger partial charge in [0.15, 0.2) is 0 Å². The van der Waals surface area contributed by atoms with Gasteiger partial charge in [0.1, 0.15) is 11.2 Å². The third-order valence-electron chi connectivity index (χ3n) is 10.8. The van der Waals surface area contributed by atoms with E-state index in [1.54, 1.807) is 0 Å². The molecule has 11 rings (SSSR count). The van der Waals surface area contributed by atoms with Crippen LogP contribution >= 0.6 is 0 Å². The predicted octanol–water partition coefficient (Wildman–Crippen LogP) is 14.3. The summed E-state index contributed by atoms with van der Waals surface area (Å²) >= 11 is 0. The molecule has 9 aromatic carbocycles. The van der Waals surface area contributed by atoms with E-state index in [9.17, 15) is 0 Å². The number of fused-ring (bicyclic) bond motifs is 9. The summed E-state index contributed by atoms with van der Waals surface area (Å²) in [6, 6.07) is 67.4. The molecule has 0 aliphatic carbocycles. The highest BCUT2D eigenvalue weighted by atomic mass is 16.3. The number of pyridine rings is 1. The number of nitrogens with zero attached hydrogens (tertiary/aromatic N) is 1. The fourth-order valence-corrected chi connectivity index (χ4v) is 8.41. The van der Waals surface area contributed by atoms with E-state index in [1.807, 2.05) is 6.07 Å². The zero-order valence-electron chi connectivity index (χ0n) is 28.8. The number of furan rings is 1. The molecule has 246 valence electrons. The molecule has 2 aromatic heterocycles. The minimum absolute atomic E-state index is 0.863. The molecule has 53 heavy (non-hydrogen) atoms. The average molecular weight is 674 g/mol. The highest BCUT2D eigenvalue weighted by Crippen LogP contribution is 2.46. The van der Waals surface area contributed by atoms with Gasteiger partial charge in [-0.15, -0.1) is 0 Å². The molecule has 2 heterocycles. The zero-order valence-corrected chi connectivity index (χ0v) is 28.8. The van der Waals surface area contributed by atoms with Gasteiger partial charge >= 0.3 is 0 Å². The van der Waals surface area contributed by atoms with E-state index in [4.69, 9.17) is 9.40 Å². The summed E-state index contributed by atoms with van der Waals surface area (Å²) in [7, 11) is 0. The van der Waals surface area contributed by atoms with Crippen molar-refractivity contribution in [2.45, 2.75) is 0 Å². The van der Waals surface area contributed by atoms with Crippen LogP contribution < -0.4 is 0 Å². The molecular formula is C51H31NO. The zero-order chi connectivity index (χ0) is 34.9. The van der Waals surface area contributed by atoms with Crippen molar-refractivity contribution in [1.82, 2.24) is 4.98 Å². The molecular weight excluding hydrogens is 643 g/mol. The first-order valence-corrected chi connectivity index (χ1v) is 18.1. The topological polar surface area (TPSA) is 26.0 Å². The number of para-hydroxylation sites is 2. The maximum atomic E-state index is 6.60. The Labute approximate surface area is 306 Å². The van der Waals surface area contributed by atoms with Crippen LogP contribution in [0.25, 0.3) is 110 Å². The van der Waals surface area contributed by atoms with Gasteiger partial charge < -0.3 is 4.42 Å². The van der Waals surface area contributed by atoms with Crippen LogP contribution in [0, 0.1) is 0 Å². The van der Waals surface area contributed by atoms with Crippen LogP contribution in [0.3, 0.4) is 0 Å². The van der Waals surface area contributed by atoms with Gasteiger partial charge in [-0.25, -0.2) is 4.98 Å². The van der Waals surface area contributed by atoms with Crippen molar-refractivity contribution in [3.05, 3.63) is 188 Å². The lowest BCUT2D eigenvalue weighted by atomic mass is 9.88. The van der Waals surface area contributed by atoms with Crippen molar-refractivity contribution in [2.24, 2.45) is 0 Å². The molecule has 0 aliphatic rings. The lowest BCUT2D eigenvalue weighted by Gasteiger charge is -2.16. The molecule has 0 amide bonds. The number of hydrogen-bond donors (Lipinski definition) is 0. The van der Waals surface area contributed by atoms with E-state index in [1.165, 1.54) is 54.7 Å². The summed E-state index contributed by atoms with van der Waals surface area (Å²) in [5.74, 6) is 0. The summed E-state index contributed by atoms with van der Waals surface area (Å²) in [5, 5.41) is 10.7. The van der Waals surface area contributed by atoms with Gasteiger partial charge in [0.25, 0.3) is 0 Å². The van der Waals surface area contributed by atoms with Crippen LogP contribution in [-0.2, 0) is 0 Å². The van der Waals surface area contributed by atoms with Crippen molar-refractivity contribution in [2.75, 3.05) is 0 Å². The van der Waals surface area contributed by atoms with Crippen LogP contribution in [0.5, 0.6) is 0 Å². The second-order valence-corrected chi connectivity index (χ2v) is 13.8. The summed E-state index contributed by atoms with van der Waals surface area (Å²) in [5.41, 5.74) is 11.9. The maximum Gasteiger partial charge on any atom is 0.136 e. The Morgan fingerprint density at radius 1 is 0.340 bits per heavy atom. The highest BCUT2D eigenvalue weighted by molar-refractivity contribution is 6.27. The summed E-state index contributed by atoms with van der Waals surface area (Å²) < 4.78 is 6.60. The van der Waals surface area contributed by atoms with Crippen molar-refractivity contribution >= 4 is 65.2 Å². The van der Waals surface area contributed by atoms with E-state index in [2.05, 4.69) is 182 Å². The van der Waals surface area contributed by atoms with Crippen molar-refractivity contribution < 1.29 is 4.42 Å². The minimum Gasteiger partial charge on any atom is -0.456 e. The Kier molecular flexibility index (Phi) is 6.59. The summed E-state index contributed by atoms with van der Waals surface area (Å²) in [4.78, 5) is 5.25. The molecule has 0 atom stereocenters. The van der Waals surface area contributed by atoms with E-state index in [0.717, 1.165) is 55.0 Å². The Bertz CT molecular complexity index is 3210. The molecule has 2 heteroatoms. The third-order valence-corrected chi connectivity index (χ3v) is 10.8. The molecule has 0 radical (unpaired) electrons. The molecule has 0 aliphatic heterocycles. The summed E-state index contributed by atoms with van der Waals surface area (Å²) in [6.07, 6.45) is 0. The smallest absolute Gasteiger partial charge is 0.136 e. The first-order valence-electron chi connectivity index (χ1n) is 18.1. The van der Waals surface area contributed by atoms with Gasteiger partial charge in [-0.2, -0.15) is 0 Å². The number of hydrogen-bond acceptors (Lipinski definition) is 2. The number of rotatable bonds is 4. The van der Waals surface area contributed by atoms with E-state index < -0.39 is 0 Å². The van der Waals surface area contributed by atoms with Crippen molar-refractivity contribution in [3.8, 4) is 44.6 Å². The van der Waals surface area contributed by atoms with Crippen molar-refractivity contribution in [1.29, 1.82) is 0 Å². The van der Waals surface area contributed by atoms with Crippen LogP contribution in [-0.4, -0.2) is 4.98 Å². The molecule has 0 saturated carbocycles. The first-order chi connectivity index (χ1) is 26.3. The maximum absolute atomic E-state index is 6.60. The molecule has 0 N–H and O–H groups in total. The molecule has 11 aromatic rings. The average Bonchev–Trinajstić information content (AvgIpc) is 3.61. The lowest BCUT2D eigenvalue weighted by molar-refractivity contribution is 0.669. The minimum atomic E-state index is 0.863. The van der Waals surface area contributed by atoms with E-state index >= 15 is 0 Å². The fraction of sp³-hybridized carbons (Fsp3) is 0. The number of aromatic nitrogens is 1. The normalized spacial score (nSPS) is 11.8. The van der Waals surface area contributed by atoms with Gasteiger partial charge in [-0.05, 0) is 79.7 Å². The highest BCUT2D eigenvalue weighted by Gasteiger charge is 2.21. The van der Waals surface area contributed by atoms with Crippen molar-refractivity contribution in [3.63, 3.8) is 0 Å². The largest absolute Gasteiger partial charge is 0.456 e. The second kappa shape index (κ2) is 11.8. The SMILES string of the molecule is c1ccc(-c2nc3ccccc3c3c(-c4ccc(-c5cccc(-c6cc7ccccc7c7ccccc67)c5)cc4)c4c(cc23)oc2ccccc24)cc1. The molecule has 0 bridgehead atoms. The molecule has 2 nitrogen and oxygen atoms in total. The summed E-state index contributed by atoms with van der Waals surface area (Å²) in [6.45, 7) is 0. The lowest BCUT2D eigenvalue weighted by Crippen LogP contribution is -1.93. The third kappa shape index (κ3) is 4.70. The van der Waals surface area contributed by atoms with Crippen LogP contribution in [0.2, 0.25) is 0 Å². The molecule has 0 unspecified atom stereocenters. The van der Waals surface area contributed by atoms with Gasteiger partial charge in [-0.3, -0.25) is 0 Å².